The first-order valence-electron chi connectivity index (χ1n) is 6.40. The maximum atomic E-state index is 2.25. The zero-order valence-corrected chi connectivity index (χ0v) is 10.6. The van der Waals surface area contributed by atoms with E-state index in [4.69, 9.17) is 0 Å². The molecule has 92 valence electrons. The zero-order chi connectivity index (χ0) is 12.9. The van der Waals surface area contributed by atoms with E-state index in [9.17, 15) is 0 Å². The minimum Gasteiger partial charge on any atom is -0.311 e. The fraction of sp³-hybridized carbons (Fsp3) is 0. The number of anilines is 3. The summed E-state index contributed by atoms with van der Waals surface area (Å²) >= 11 is 0. The number of benzene rings is 3. The van der Waals surface area contributed by atoms with E-state index >= 15 is 0 Å². The van der Waals surface area contributed by atoms with Crippen LogP contribution < -0.4 is 4.90 Å². The SMILES string of the molecule is [H+].c1ccc(N(c2ccccc2)c2ccccc2)cc1. The molecule has 0 N–H and O–H groups in total. The van der Waals surface area contributed by atoms with E-state index in [1.54, 1.807) is 0 Å². The van der Waals surface area contributed by atoms with Crippen LogP contribution in [0.3, 0.4) is 0 Å². The highest BCUT2D eigenvalue weighted by Gasteiger charge is 2.10. The highest BCUT2D eigenvalue weighted by atomic mass is 15.1. The fourth-order valence-electron chi connectivity index (χ4n) is 2.18. The minimum atomic E-state index is 0. The van der Waals surface area contributed by atoms with Crippen LogP contribution in [-0.2, 0) is 0 Å². The van der Waals surface area contributed by atoms with E-state index in [2.05, 4.69) is 77.7 Å². The third-order valence-electron chi connectivity index (χ3n) is 3.04. The molecule has 0 aromatic heterocycles. The van der Waals surface area contributed by atoms with Gasteiger partial charge in [0.25, 0.3) is 0 Å². The number of hydrogen-bond donors (Lipinski definition) is 0. The van der Waals surface area contributed by atoms with Gasteiger partial charge in [0.2, 0.25) is 0 Å². The van der Waals surface area contributed by atoms with Crippen molar-refractivity contribution < 1.29 is 1.43 Å². The zero-order valence-electron chi connectivity index (χ0n) is 11.6. The maximum Gasteiger partial charge on any atom is 1.00 e. The van der Waals surface area contributed by atoms with E-state index in [-0.39, 0.29) is 1.43 Å². The van der Waals surface area contributed by atoms with E-state index < -0.39 is 0 Å². The van der Waals surface area contributed by atoms with Crippen LogP contribution in [0.1, 0.15) is 1.43 Å². The highest BCUT2D eigenvalue weighted by molar-refractivity contribution is 5.76. The molecule has 3 aromatic rings. The van der Waals surface area contributed by atoms with Crippen LogP contribution in [0, 0.1) is 0 Å². The van der Waals surface area contributed by atoms with Crippen LogP contribution in [0.4, 0.5) is 17.1 Å². The predicted octanol–water partition coefficient (Wildman–Crippen LogP) is 5.27. The summed E-state index contributed by atoms with van der Waals surface area (Å²) in [5.41, 5.74) is 3.50. The van der Waals surface area contributed by atoms with Crippen molar-refractivity contribution in [3.8, 4) is 0 Å². The van der Waals surface area contributed by atoms with Crippen molar-refractivity contribution in [2.24, 2.45) is 0 Å². The highest BCUT2D eigenvalue weighted by Crippen LogP contribution is 2.33. The normalized spacial score (nSPS) is 10.1. The third-order valence-corrected chi connectivity index (χ3v) is 3.04. The van der Waals surface area contributed by atoms with Crippen molar-refractivity contribution in [3.63, 3.8) is 0 Å². The molecule has 0 unspecified atom stereocenters. The Kier molecular flexibility index (Phi) is 3.28. The Morgan fingerprint density at radius 1 is 0.421 bits per heavy atom. The summed E-state index contributed by atoms with van der Waals surface area (Å²) in [6, 6.07) is 31.3. The molecule has 19 heavy (non-hydrogen) atoms. The van der Waals surface area contributed by atoms with Gasteiger partial charge in [-0.3, -0.25) is 0 Å². The minimum absolute atomic E-state index is 0. The van der Waals surface area contributed by atoms with Crippen LogP contribution in [0.5, 0.6) is 0 Å². The van der Waals surface area contributed by atoms with Crippen molar-refractivity contribution in [2.75, 3.05) is 4.90 Å². The van der Waals surface area contributed by atoms with Crippen LogP contribution in [0.15, 0.2) is 91.0 Å². The van der Waals surface area contributed by atoms with E-state index in [1.165, 1.54) is 17.1 Å². The molecule has 1 nitrogen and oxygen atoms in total. The van der Waals surface area contributed by atoms with Gasteiger partial charge in [0.15, 0.2) is 0 Å². The second-order valence-electron chi connectivity index (χ2n) is 4.34. The molecule has 0 saturated heterocycles. The summed E-state index contributed by atoms with van der Waals surface area (Å²) < 4.78 is 0. The number of para-hydroxylation sites is 3. The first-order valence-corrected chi connectivity index (χ1v) is 6.40. The maximum absolute atomic E-state index is 2.25. The fourth-order valence-corrected chi connectivity index (χ4v) is 2.18. The van der Waals surface area contributed by atoms with Crippen LogP contribution in [0.2, 0.25) is 0 Å². The summed E-state index contributed by atoms with van der Waals surface area (Å²) in [5, 5.41) is 0. The van der Waals surface area contributed by atoms with Gasteiger partial charge in [0.1, 0.15) is 0 Å². The average Bonchev–Trinajstić information content (AvgIpc) is 2.51. The van der Waals surface area contributed by atoms with Crippen LogP contribution in [-0.4, -0.2) is 0 Å². The molecule has 0 atom stereocenters. The Bertz CT molecular complexity index is 529. The molecule has 0 saturated carbocycles. The number of rotatable bonds is 3. The van der Waals surface area contributed by atoms with E-state index in [0.29, 0.717) is 0 Å². The average molecular weight is 246 g/mol. The lowest BCUT2D eigenvalue weighted by atomic mass is 10.2. The number of nitrogens with zero attached hydrogens (tertiary/aromatic N) is 1. The second-order valence-corrected chi connectivity index (χ2v) is 4.34. The predicted molar refractivity (Wildman–Crippen MR) is 82.2 cm³/mol. The topological polar surface area (TPSA) is 3.24 Å². The van der Waals surface area contributed by atoms with Gasteiger partial charge in [-0.25, -0.2) is 0 Å². The Morgan fingerprint density at radius 3 is 0.947 bits per heavy atom. The monoisotopic (exact) mass is 246 g/mol. The van der Waals surface area contributed by atoms with E-state index in [1.807, 2.05) is 18.2 Å². The van der Waals surface area contributed by atoms with Gasteiger partial charge in [-0.1, -0.05) is 54.6 Å². The lowest BCUT2D eigenvalue weighted by Gasteiger charge is -2.25. The van der Waals surface area contributed by atoms with Gasteiger partial charge in [0.05, 0.1) is 0 Å². The summed E-state index contributed by atoms with van der Waals surface area (Å²) in [5.74, 6) is 0. The van der Waals surface area contributed by atoms with Gasteiger partial charge in [-0.15, -0.1) is 0 Å². The molecule has 1 heteroatoms. The molecule has 3 rings (SSSR count). The summed E-state index contributed by atoms with van der Waals surface area (Å²) in [6.45, 7) is 0. The van der Waals surface area contributed by atoms with Crippen LogP contribution >= 0.6 is 0 Å². The molecule has 3 aromatic carbocycles. The molecular weight excluding hydrogens is 230 g/mol. The Labute approximate surface area is 115 Å². The lowest BCUT2D eigenvalue weighted by Crippen LogP contribution is -2.09. The first-order chi connectivity index (χ1) is 9.45. The van der Waals surface area contributed by atoms with Gasteiger partial charge in [-0.2, -0.15) is 0 Å². The summed E-state index contributed by atoms with van der Waals surface area (Å²) in [6.07, 6.45) is 0. The van der Waals surface area contributed by atoms with E-state index in [0.717, 1.165) is 0 Å². The third kappa shape index (κ3) is 2.50. The summed E-state index contributed by atoms with van der Waals surface area (Å²) in [7, 11) is 0. The Balaban J connectivity index is 0.00000147. The molecule has 0 heterocycles. The molecular formula is C18H16N+. The quantitative estimate of drug-likeness (QED) is 0.608. The standard InChI is InChI=1S/C18H15N/c1-4-10-16(11-5-1)19(17-12-6-2-7-13-17)18-14-8-3-9-15-18/h1-15H/p+1. The van der Waals surface area contributed by atoms with Crippen molar-refractivity contribution in [2.45, 2.75) is 0 Å². The van der Waals surface area contributed by atoms with Gasteiger partial charge >= 0.3 is 1.43 Å². The largest absolute Gasteiger partial charge is 1.00 e. The van der Waals surface area contributed by atoms with Crippen molar-refractivity contribution in [1.29, 1.82) is 0 Å². The Hall–Kier alpha value is -2.54. The first kappa shape index (κ1) is 11.5. The van der Waals surface area contributed by atoms with Crippen LogP contribution in [0.25, 0.3) is 0 Å². The molecule has 0 spiro atoms. The lowest BCUT2D eigenvalue weighted by molar-refractivity contribution is 1.28. The number of hydrogen-bond acceptors (Lipinski definition) is 1. The van der Waals surface area contributed by atoms with Gasteiger partial charge in [0, 0.05) is 17.1 Å². The van der Waals surface area contributed by atoms with Crippen molar-refractivity contribution >= 4 is 17.1 Å². The summed E-state index contributed by atoms with van der Waals surface area (Å²) in [4.78, 5) is 2.25. The van der Waals surface area contributed by atoms with Crippen molar-refractivity contribution in [3.05, 3.63) is 91.0 Å². The molecule has 0 aliphatic rings. The molecule has 0 bridgehead atoms. The smallest absolute Gasteiger partial charge is 0.311 e. The molecule has 0 aliphatic carbocycles. The molecule has 0 amide bonds. The Morgan fingerprint density at radius 2 is 0.684 bits per heavy atom. The van der Waals surface area contributed by atoms with Gasteiger partial charge in [-0.05, 0) is 36.4 Å². The van der Waals surface area contributed by atoms with Gasteiger partial charge < -0.3 is 4.90 Å². The van der Waals surface area contributed by atoms with Crippen molar-refractivity contribution in [1.82, 2.24) is 0 Å². The molecule has 0 fully saturated rings. The molecule has 0 aliphatic heterocycles. The second kappa shape index (κ2) is 5.40. The molecule has 0 radical (unpaired) electrons.